The first-order valence-corrected chi connectivity index (χ1v) is 9.72. The number of hydrogen-bond acceptors (Lipinski definition) is 4. The molecule has 1 N–H and O–H groups in total. The van der Waals surface area contributed by atoms with E-state index in [0.717, 1.165) is 23.6 Å². The van der Waals surface area contributed by atoms with Gasteiger partial charge in [-0.3, -0.25) is 9.67 Å². The molecule has 1 aliphatic carbocycles. The Labute approximate surface area is 152 Å². The van der Waals surface area contributed by atoms with Gasteiger partial charge in [0.05, 0.1) is 21.7 Å². The van der Waals surface area contributed by atoms with Gasteiger partial charge in [-0.1, -0.05) is 11.6 Å². The lowest BCUT2D eigenvalue weighted by Crippen LogP contribution is -2.26. The molecule has 0 radical (unpaired) electrons. The molecule has 1 atom stereocenters. The topological polar surface area (TPSA) is 42.7 Å². The van der Waals surface area contributed by atoms with Crippen molar-refractivity contribution in [2.75, 3.05) is 11.9 Å². The Morgan fingerprint density at radius 3 is 2.75 bits per heavy atom. The highest BCUT2D eigenvalue weighted by Gasteiger charge is 2.40. The van der Waals surface area contributed by atoms with E-state index in [1.807, 2.05) is 29.6 Å². The van der Waals surface area contributed by atoms with Crippen LogP contribution < -0.4 is 5.32 Å². The van der Waals surface area contributed by atoms with Crippen LogP contribution in [0.15, 0.2) is 12.3 Å². The van der Waals surface area contributed by atoms with E-state index >= 15 is 0 Å². The van der Waals surface area contributed by atoms with Crippen molar-refractivity contribution in [3.63, 3.8) is 0 Å². The van der Waals surface area contributed by atoms with Crippen LogP contribution in [0.1, 0.15) is 60.4 Å². The smallest absolute Gasteiger partial charge is 0.129 e. The molecule has 0 saturated heterocycles. The number of pyridine rings is 1. The summed E-state index contributed by atoms with van der Waals surface area (Å²) in [6.45, 7) is 7.60. The Balaban J connectivity index is 1.90. The van der Waals surface area contributed by atoms with E-state index in [1.165, 1.54) is 24.1 Å². The average Bonchev–Trinajstić information content (AvgIpc) is 3.29. The largest absolute Gasteiger partial charge is 0.369 e. The van der Waals surface area contributed by atoms with E-state index in [-0.39, 0.29) is 10.00 Å². The van der Waals surface area contributed by atoms with Gasteiger partial charge in [0.2, 0.25) is 0 Å². The maximum absolute atomic E-state index is 6.14. The first-order valence-electron chi connectivity index (χ1n) is 8.46. The van der Waals surface area contributed by atoms with Crippen LogP contribution in [0.4, 0.5) is 5.82 Å². The minimum atomic E-state index is 0.109. The first kappa shape index (κ1) is 16.3. The van der Waals surface area contributed by atoms with Crippen LogP contribution in [0.5, 0.6) is 0 Å². The van der Waals surface area contributed by atoms with Gasteiger partial charge >= 0.3 is 0 Å². The summed E-state index contributed by atoms with van der Waals surface area (Å²) in [5, 5.41) is 9.38. The van der Waals surface area contributed by atoms with Crippen LogP contribution in [0.3, 0.4) is 0 Å². The number of anilines is 1. The lowest BCUT2D eigenvalue weighted by molar-refractivity contribution is 0.715. The fourth-order valence-electron chi connectivity index (χ4n) is 3.42. The molecule has 4 nitrogen and oxygen atoms in total. The number of thioether (sulfide) groups is 1. The molecular formula is C18H23ClN4S. The van der Waals surface area contributed by atoms with Crippen molar-refractivity contribution >= 4 is 29.2 Å². The Morgan fingerprint density at radius 1 is 1.33 bits per heavy atom. The summed E-state index contributed by atoms with van der Waals surface area (Å²) in [4.78, 5) is 4.72. The van der Waals surface area contributed by atoms with Crippen molar-refractivity contribution in [3.8, 4) is 0 Å². The van der Waals surface area contributed by atoms with Gasteiger partial charge in [0.1, 0.15) is 5.82 Å². The van der Waals surface area contributed by atoms with Gasteiger partial charge in [-0.2, -0.15) is 5.10 Å². The number of fused-ring (bicyclic) bond motifs is 1. The van der Waals surface area contributed by atoms with Crippen LogP contribution in [0.25, 0.3) is 0 Å². The van der Waals surface area contributed by atoms with Crippen molar-refractivity contribution in [2.24, 2.45) is 7.05 Å². The third-order valence-corrected chi connectivity index (χ3v) is 6.47. The molecule has 2 aliphatic rings. The molecule has 1 saturated carbocycles. The van der Waals surface area contributed by atoms with Gasteiger partial charge in [-0.05, 0) is 45.2 Å². The normalized spacial score (nSPS) is 22.6. The SMILES string of the molecule is Cc1cc(Cl)cnc1C1SC(C)(C)CNc2c1c(C1CC1)nn2C. The summed E-state index contributed by atoms with van der Waals surface area (Å²) in [6, 6.07) is 2.02. The fourth-order valence-corrected chi connectivity index (χ4v) is 5.14. The Hall–Kier alpha value is -1.20. The van der Waals surface area contributed by atoms with Gasteiger partial charge in [0.25, 0.3) is 0 Å². The number of aryl methyl sites for hydroxylation is 2. The lowest BCUT2D eigenvalue weighted by Gasteiger charge is -2.27. The van der Waals surface area contributed by atoms with Gasteiger partial charge in [0, 0.05) is 36.0 Å². The monoisotopic (exact) mass is 362 g/mol. The van der Waals surface area contributed by atoms with Crippen LogP contribution >= 0.6 is 23.4 Å². The van der Waals surface area contributed by atoms with Gasteiger partial charge in [-0.25, -0.2) is 0 Å². The minimum absolute atomic E-state index is 0.109. The van der Waals surface area contributed by atoms with Crippen molar-refractivity contribution < 1.29 is 0 Å². The average molecular weight is 363 g/mol. The quantitative estimate of drug-likeness (QED) is 0.842. The van der Waals surface area contributed by atoms with Gasteiger partial charge in [0.15, 0.2) is 0 Å². The van der Waals surface area contributed by atoms with Crippen LogP contribution in [0, 0.1) is 6.92 Å². The van der Waals surface area contributed by atoms with E-state index in [0.29, 0.717) is 10.9 Å². The second-order valence-electron chi connectivity index (χ2n) is 7.51. The maximum Gasteiger partial charge on any atom is 0.129 e. The standard InChI is InChI=1S/C18H23ClN4S/c1-10-7-12(19)8-20-14(10)16-13-15(11-5-6-11)22-23(4)17(13)21-9-18(2,3)24-16/h7-8,11,16,21H,5-6,9H2,1-4H3. The molecule has 2 aromatic heterocycles. The second kappa shape index (κ2) is 5.67. The molecule has 1 unspecified atom stereocenters. The maximum atomic E-state index is 6.14. The van der Waals surface area contributed by atoms with Crippen LogP contribution in [-0.4, -0.2) is 26.1 Å². The Bertz CT molecular complexity index is 795. The number of rotatable bonds is 2. The molecule has 0 amide bonds. The molecule has 2 aromatic rings. The molecule has 1 fully saturated rings. The summed E-state index contributed by atoms with van der Waals surface area (Å²) in [7, 11) is 2.04. The van der Waals surface area contributed by atoms with Crippen molar-refractivity contribution in [1.82, 2.24) is 14.8 Å². The molecule has 3 heterocycles. The highest BCUT2D eigenvalue weighted by atomic mass is 35.5. The zero-order valence-corrected chi connectivity index (χ0v) is 16.1. The number of aromatic nitrogens is 3. The number of nitrogens with one attached hydrogen (secondary N) is 1. The van der Waals surface area contributed by atoms with Crippen molar-refractivity contribution in [1.29, 1.82) is 0 Å². The van der Waals surface area contributed by atoms with E-state index < -0.39 is 0 Å². The predicted molar refractivity (Wildman–Crippen MR) is 101 cm³/mol. The third-order valence-electron chi connectivity index (χ3n) is 4.79. The summed E-state index contributed by atoms with van der Waals surface area (Å²) in [6.07, 6.45) is 4.26. The molecule has 0 aromatic carbocycles. The van der Waals surface area contributed by atoms with Crippen LogP contribution in [-0.2, 0) is 7.05 Å². The summed E-state index contributed by atoms with van der Waals surface area (Å²) < 4.78 is 2.13. The summed E-state index contributed by atoms with van der Waals surface area (Å²) >= 11 is 8.12. The molecule has 128 valence electrons. The summed E-state index contributed by atoms with van der Waals surface area (Å²) in [5.74, 6) is 1.76. The lowest BCUT2D eigenvalue weighted by atomic mass is 10.0. The third kappa shape index (κ3) is 2.82. The highest BCUT2D eigenvalue weighted by Crippen LogP contribution is 2.53. The molecule has 4 rings (SSSR count). The molecule has 0 bridgehead atoms. The van der Waals surface area contributed by atoms with Crippen LogP contribution in [0.2, 0.25) is 5.02 Å². The Morgan fingerprint density at radius 2 is 2.08 bits per heavy atom. The fraction of sp³-hybridized carbons (Fsp3) is 0.556. The zero-order chi connectivity index (χ0) is 17.1. The van der Waals surface area contributed by atoms with Gasteiger partial charge < -0.3 is 5.32 Å². The minimum Gasteiger partial charge on any atom is -0.369 e. The van der Waals surface area contributed by atoms with E-state index in [9.17, 15) is 0 Å². The van der Waals surface area contributed by atoms with Gasteiger partial charge in [-0.15, -0.1) is 11.8 Å². The second-order valence-corrected chi connectivity index (χ2v) is 9.76. The van der Waals surface area contributed by atoms with Crippen molar-refractivity contribution in [2.45, 2.75) is 49.5 Å². The number of nitrogens with zero attached hydrogens (tertiary/aromatic N) is 3. The van der Waals surface area contributed by atoms with Crippen molar-refractivity contribution in [3.05, 3.63) is 39.8 Å². The van der Waals surface area contributed by atoms with E-state index in [1.54, 1.807) is 6.20 Å². The zero-order valence-electron chi connectivity index (χ0n) is 14.6. The molecule has 0 spiro atoms. The highest BCUT2D eigenvalue weighted by molar-refractivity contribution is 8.01. The first-order chi connectivity index (χ1) is 11.4. The molecule has 1 aliphatic heterocycles. The summed E-state index contributed by atoms with van der Waals surface area (Å²) in [5.41, 5.74) is 4.84. The molecular weight excluding hydrogens is 340 g/mol. The molecule has 24 heavy (non-hydrogen) atoms. The van der Waals surface area contributed by atoms with E-state index in [4.69, 9.17) is 21.7 Å². The molecule has 6 heteroatoms. The number of halogens is 1. The number of hydrogen-bond donors (Lipinski definition) is 1. The predicted octanol–water partition coefficient (Wildman–Crippen LogP) is 4.68. The Kier molecular flexibility index (Phi) is 3.84. The van der Waals surface area contributed by atoms with E-state index in [2.05, 4.69) is 26.1 Å².